The Morgan fingerprint density at radius 2 is 0.944 bits per heavy atom. The normalized spacial score (nSPS) is 17.2. The first-order valence-electron chi connectivity index (χ1n) is 15.4. The highest BCUT2D eigenvalue weighted by Crippen LogP contribution is 2.21. The number of carbonyl (C=O) groups is 2. The molecular weight excluding hydrogens is 470 g/mol. The second kappa shape index (κ2) is 24.5. The largest absolute Gasteiger partial charge is 0.369 e. The van der Waals surface area contributed by atoms with E-state index in [2.05, 4.69) is 24.1 Å². The van der Waals surface area contributed by atoms with E-state index in [9.17, 15) is 9.59 Å². The fourth-order valence-corrected chi connectivity index (χ4v) is 5.38. The van der Waals surface area contributed by atoms with E-state index in [1.54, 1.807) is 0 Å². The van der Waals surface area contributed by atoms with E-state index in [0.29, 0.717) is 13.1 Å². The Morgan fingerprint density at radius 1 is 0.611 bits per heavy atom. The Morgan fingerprint density at radius 3 is 1.31 bits per heavy atom. The van der Waals surface area contributed by atoms with Gasteiger partial charge in [-0.05, 0) is 12.8 Å². The number of amides is 2. The average Bonchev–Trinajstić information content (AvgIpc) is 3.35. The van der Waals surface area contributed by atoms with E-state index in [-0.39, 0.29) is 36.1 Å². The van der Waals surface area contributed by atoms with Gasteiger partial charge in [-0.2, -0.15) is 0 Å². The van der Waals surface area contributed by atoms with E-state index in [1.165, 1.54) is 116 Å². The predicted molar refractivity (Wildman–Crippen MR) is 157 cm³/mol. The molecule has 1 aliphatic rings. The number of nitrogens with one attached hydrogen (secondary N) is 1. The number of halogens is 1. The SMILES string of the molecule is CCCCCCCCCCCCN(CCCCCCCCCCCC)C(=O)C1CNCC1C(N)=O.Cl. The summed E-state index contributed by atoms with van der Waals surface area (Å²) in [5.41, 5.74) is 5.59. The molecule has 2 amide bonds. The molecule has 1 heterocycles. The van der Waals surface area contributed by atoms with Crippen LogP contribution in [0, 0.1) is 11.8 Å². The molecule has 36 heavy (non-hydrogen) atoms. The van der Waals surface area contributed by atoms with Crippen molar-refractivity contribution in [2.45, 2.75) is 142 Å². The number of nitrogens with zero attached hydrogens (tertiary/aromatic N) is 1. The smallest absolute Gasteiger partial charge is 0.227 e. The highest BCUT2D eigenvalue weighted by Gasteiger charge is 2.38. The summed E-state index contributed by atoms with van der Waals surface area (Å²) in [6, 6.07) is 0. The maximum absolute atomic E-state index is 13.3. The number of hydrogen-bond donors (Lipinski definition) is 2. The molecule has 0 saturated carbocycles. The Bertz CT molecular complexity index is 508. The maximum Gasteiger partial charge on any atom is 0.227 e. The van der Waals surface area contributed by atoms with Crippen molar-refractivity contribution in [3.8, 4) is 0 Å². The minimum absolute atomic E-state index is 0. The van der Waals surface area contributed by atoms with Crippen LogP contribution in [0.25, 0.3) is 0 Å². The van der Waals surface area contributed by atoms with E-state index >= 15 is 0 Å². The molecule has 0 aromatic carbocycles. The maximum atomic E-state index is 13.3. The van der Waals surface area contributed by atoms with Gasteiger partial charge in [-0.25, -0.2) is 0 Å². The van der Waals surface area contributed by atoms with Crippen LogP contribution < -0.4 is 11.1 Å². The van der Waals surface area contributed by atoms with Gasteiger partial charge in [-0.3, -0.25) is 9.59 Å². The van der Waals surface area contributed by atoms with Gasteiger partial charge < -0.3 is 16.0 Å². The Kier molecular flexibility index (Phi) is 24.0. The molecule has 0 aromatic rings. The lowest BCUT2D eigenvalue weighted by Gasteiger charge is -2.27. The first-order valence-corrected chi connectivity index (χ1v) is 15.4. The molecule has 1 saturated heterocycles. The van der Waals surface area contributed by atoms with Gasteiger partial charge >= 0.3 is 0 Å². The van der Waals surface area contributed by atoms with Crippen molar-refractivity contribution in [2.75, 3.05) is 26.2 Å². The van der Waals surface area contributed by atoms with Crippen LogP contribution in [-0.2, 0) is 9.59 Å². The average molecular weight is 530 g/mol. The number of unbranched alkanes of at least 4 members (excludes halogenated alkanes) is 18. The predicted octanol–water partition coefficient (Wildman–Crippen LogP) is 7.40. The van der Waals surface area contributed by atoms with Gasteiger partial charge in [0.25, 0.3) is 0 Å². The van der Waals surface area contributed by atoms with Crippen LogP contribution in [0.15, 0.2) is 0 Å². The van der Waals surface area contributed by atoms with Gasteiger partial charge in [0.1, 0.15) is 0 Å². The Labute approximate surface area is 229 Å². The summed E-state index contributed by atoms with van der Waals surface area (Å²) in [6.45, 7) is 7.31. The lowest BCUT2D eigenvalue weighted by Crippen LogP contribution is -2.43. The second-order valence-electron chi connectivity index (χ2n) is 11.0. The summed E-state index contributed by atoms with van der Waals surface area (Å²) >= 11 is 0. The molecule has 214 valence electrons. The van der Waals surface area contributed by atoms with E-state index in [1.807, 2.05) is 0 Å². The van der Waals surface area contributed by atoms with Gasteiger partial charge in [0.05, 0.1) is 11.8 Å². The Hall–Kier alpha value is -0.810. The van der Waals surface area contributed by atoms with Crippen LogP contribution in [-0.4, -0.2) is 42.9 Å². The third-order valence-electron chi connectivity index (χ3n) is 7.77. The monoisotopic (exact) mass is 529 g/mol. The molecule has 0 bridgehead atoms. The first-order chi connectivity index (χ1) is 17.1. The molecule has 1 rings (SSSR count). The molecular formula is C30H60ClN3O2. The summed E-state index contributed by atoms with van der Waals surface area (Å²) < 4.78 is 0. The van der Waals surface area contributed by atoms with Crippen LogP contribution in [0.2, 0.25) is 0 Å². The highest BCUT2D eigenvalue weighted by molar-refractivity contribution is 5.88. The van der Waals surface area contributed by atoms with Crippen LogP contribution in [0.4, 0.5) is 0 Å². The third-order valence-corrected chi connectivity index (χ3v) is 7.77. The van der Waals surface area contributed by atoms with Crippen LogP contribution >= 0.6 is 12.4 Å². The van der Waals surface area contributed by atoms with Crippen molar-refractivity contribution in [3.05, 3.63) is 0 Å². The molecule has 2 unspecified atom stereocenters. The van der Waals surface area contributed by atoms with Gasteiger partial charge in [-0.15, -0.1) is 12.4 Å². The zero-order chi connectivity index (χ0) is 25.6. The van der Waals surface area contributed by atoms with Crippen molar-refractivity contribution in [2.24, 2.45) is 17.6 Å². The highest BCUT2D eigenvalue weighted by atomic mass is 35.5. The molecule has 0 radical (unpaired) electrons. The van der Waals surface area contributed by atoms with E-state index in [0.717, 1.165) is 25.9 Å². The van der Waals surface area contributed by atoms with Crippen LogP contribution in [0.1, 0.15) is 142 Å². The molecule has 0 spiro atoms. The van der Waals surface area contributed by atoms with Crippen LogP contribution in [0.3, 0.4) is 0 Å². The van der Waals surface area contributed by atoms with Crippen molar-refractivity contribution >= 4 is 24.2 Å². The fraction of sp³-hybridized carbons (Fsp3) is 0.933. The van der Waals surface area contributed by atoms with E-state index in [4.69, 9.17) is 5.73 Å². The number of hydrogen-bond acceptors (Lipinski definition) is 3. The van der Waals surface area contributed by atoms with Gasteiger partial charge in [0.15, 0.2) is 0 Å². The zero-order valence-corrected chi connectivity index (χ0v) is 24.7. The number of nitrogens with two attached hydrogens (primary N) is 1. The molecule has 3 N–H and O–H groups in total. The number of rotatable bonds is 24. The number of carbonyl (C=O) groups excluding carboxylic acids is 2. The molecule has 0 aromatic heterocycles. The van der Waals surface area contributed by atoms with E-state index < -0.39 is 0 Å². The molecule has 5 nitrogen and oxygen atoms in total. The van der Waals surface area contributed by atoms with Gasteiger partial charge in [0.2, 0.25) is 11.8 Å². The van der Waals surface area contributed by atoms with Gasteiger partial charge in [0, 0.05) is 26.2 Å². The summed E-state index contributed by atoms with van der Waals surface area (Å²) in [5.74, 6) is -0.832. The lowest BCUT2D eigenvalue weighted by molar-refractivity contribution is -0.139. The Balaban J connectivity index is 0.0000122. The molecule has 6 heteroatoms. The third kappa shape index (κ3) is 16.8. The molecule has 1 aliphatic heterocycles. The fourth-order valence-electron chi connectivity index (χ4n) is 5.38. The summed E-state index contributed by atoms with van der Waals surface area (Å²) in [7, 11) is 0. The van der Waals surface area contributed by atoms with Gasteiger partial charge in [-0.1, -0.05) is 129 Å². The molecule has 0 aliphatic carbocycles. The first kappa shape index (κ1) is 35.2. The lowest BCUT2D eigenvalue weighted by atomic mass is 9.93. The summed E-state index contributed by atoms with van der Waals surface area (Å²) in [4.78, 5) is 27.2. The summed E-state index contributed by atoms with van der Waals surface area (Å²) in [6.07, 6.45) is 26.0. The van der Waals surface area contributed by atoms with Crippen molar-refractivity contribution in [3.63, 3.8) is 0 Å². The van der Waals surface area contributed by atoms with Crippen LogP contribution in [0.5, 0.6) is 0 Å². The topological polar surface area (TPSA) is 75.4 Å². The zero-order valence-electron chi connectivity index (χ0n) is 23.9. The quantitative estimate of drug-likeness (QED) is 0.128. The van der Waals surface area contributed by atoms with Crippen molar-refractivity contribution in [1.29, 1.82) is 0 Å². The summed E-state index contributed by atoms with van der Waals surface area (Å²) in [5, 5.41) is 3.21. The molecule has 1 fully saturated rings. The standard InChI is InChI=1S/C30H59N3O2.ClH/c1-3-5-7-9-11-13-15-17-19-21-23-33(30(35)28-26-32-25-27(28)29(31)34)24-22-20-18-16-14-12-10-8-6-4-2;/h27-28,32H,3-26H2,1-2H3,(H2,31,34);1H. The van der Waals surface area contributed by atoms with Crippen molar-refractivity contribution in [1.82, 2.24) is 10.2 Å². The second-order valence-corrected chi connectivity index (χ2v) is 11.0. The number of primary amides is 1. The minimum atomic E-state index is -0.356. The minimum Gasteiger partial charge on any atom is -0.369 e. The molecule has 2 atom stereocenters. The van der Waals surface area contributed by atoms with Crippen molar-refractivity contribution < 1.29 is 9.59 Å².